The van der Waals surface area contributed by atoms with Crippen molar-refractivity contribution in [3.8, 4) is 11.6 Å². The van der Waals surface area contributed by atoms with Gasteiger partial charge in [0.2, 0.25) is 5.88 Å². The van der Waals surface area contributed by atoms with Gasteiger partial charge < -0.3 is 14.9 Å². The van der Waals surface area contributed by atoms with Crippen LogP contribution in [0.2, 0.25) is 0 Å². The molecule has 0 radical (unpaired) electrons. The molecule has 2 aliphatic rings. The number of aromatic nitrogens is 1. The summed E-state index contributed by atoms with van der Waals surface area (Å²) in [6.07, 6.45) is 1.24. The van der Waals surface area contributed by atoms with E-state index in [0.717, 1.165) is 18.9 Å². The molecule has 1 aliphatic carbocycles. The molecule has 2 heterocycles. The lowest BCUT2D eigenvalue weighted by Gasteiger charge is -2.18. The number of halogens is 1. The van der Waals surface area contributed by atoms with Crippen molar-refractivity contribution >= 4 is 32.7 Å². The summed E-state index contributed by atoms with van der Waals surface area (Å²) >= 11 is 0. The van der Waals surface area contributed by atoms with Crippen molar-refractivity contribution in [1.29, 1.82) is 0 Å². The van der Waals surface area contributed by atoms with Gasteiger partial charge in [0.05, 0.1) is 6.10 Å². The van der Waals surface area contributed by atoms with Gasteiger partial charge in [-0.3, -0.25) is 4.79 Å². The van der Waals surface area contributed by atoms with E-state index in [1.54, 1.807) is 4.72 Å². The Bertz CT molecular complexity index is 1040. The van der Waals surface area contributed by atoms with Gasteiger partial charge >= 0.3 is 10.2 Å². The third kappa shape index (κ3) is 3.23. The average Bonchev–Trinajstić information content (AvgIpc) is 3.40. The first-order valence-electron chi connectivity index (χ1n) is 8.22. The van der Waals surface area contributed by atoms with Crippen LogP contribution in [0.15, 0.2) is 18.2 Å². The van der Waals surface area contributed by atoms with E-state index in [0.29, 0.717) is 4.31 Å². The smallest absolute Gasteiger partial charge is 0.326 e. The number of carbonyl (C=O) groups is 1. The van der Waals surface area contributed by atoms with Crippen LogP contribution in [0.1, 0.15) is 12.8 Å². The van der Waals surface area contributed by atoms with Crippen molar-refractivity contribution in [1.82, 2.24) is 9.71 Å². The van der Waals surface area contributed by atoms with Gasteiger partial charge in [0.15, 0.2) is 5.82 Å². The van der Waals surface area contributed by atoms with Crippen LogP contribution in [0.3, 0.4) is 0 Å². The Morgan fingerprint density at radius 3 is 2.78 bits per heavy atom. The van der Waals surface area contributed by atoms with Crippen LogP contribution >= 0.6 is 0 Å². The van der Waals surface area contributed by atoms with E-state index in [4.69, 9.17) is 4.74 Å². The summed E-state index contributed by atoms with van der Waals surface area (Å²) in [5, 5.41) is 20.2. The van der Waals surface area contributed by atoms with E-state index in [1.165, 1.54) is 12.1 Å². The summed E-state index contributed by atoms with van der Waals surface area (Å²) in [5.41, 5.74) is -0.890. The number of anilines is 1. The van der Waals surface area contributed by atoms with E-state index in [9.17, 15) is 27.8 Å². The van der Waals surface area contributed by atoms with Gasteiger partial charge in [0, 0.05) is 11.5 Å². The Balaban J connectivity index is 1.71. The fraction of sp³-hybridized carbons (Fsp3) is 0.375. The summed E-state index contributed by atoms with van der Waals surface area (Å²) in [5.74, 6) is -2.32. The van der Waals surface area contributed by atoms with E-state index >= 15 is 0 Å². The molecule has 1 aromatic heterocycles. The van der Waals surface area contributed by atoms with Crippen LogP contribution in [0.25, 0.3) is 10.9 Å². The number of hydrogen-bond acceptors (Lipinski definition) is 7. The van der Waals surface area contributed by atoms with Crippen LogP contribution in [-0.4, -0.2) is 48.8 Å². The molecule has 1 aliphatic heterocycles. The van der Waals surface area contributed by atoms with Crippen molar-refractivity contribution in [3.63, 3.8) is 0 Å². The molecule has 1 unspecified atom stereocenters. The van der Waals surface area contributed by atoms with Gasteiger partial charge in [-0.1, -0.05) is 0 Å². The lowest BCUT2D eigenvalue weighted by atomic mass is 10.1. The molecule has 2 fully saturated rings. The van der Waals surface area contributed by atoms with Crippen molar-refractivity contribution in [2.45, 2.75) is 18.9 Å². The van der Waals surface area contributed by atoms with E-state index < -0.39 is 46.0 Å². The van der Waals surface area contributed by atoms with Gasteiger partial charge in [-0.15, -0.1) is 0 Å². The molecule has 11 heteroatoms. The quantitative estimate of drug-likeness (QED) is 0.666. The van der Waals surface area contributed by atoms with E-state index in [1.807, 2.05) is 0 Å². The second kappa shape index (κ2) is 6.20. The first-order chi connectivity index (χ1) is 12.8. The number of benzene rings is 1. The average molecular weight is 397 g/mol. The van der Waals surface area contributed by atoms with Crippen LogP contribution in [0.4, 0.5) is 10.1 Å². The lowest BCUT2D eigenvalue weighted by Crippen LogP contribution is -2.30. The molecule has 0 bridgehead atoms. The van der Waals surface area contributed by atoms with Gasteiger partial charge in [-0.25, -0.2) is 18.4 Å². The Morgan fingerprint density at radius 2 is 2.15 bits per heavy atom. The predicted octanol–water partition coefficient (Wildman–Crippen LogP) is 0.410. The molecule has 144 valence electrons. The zero-order chi connectivity index (χ0) is 19.3. The Morgan fingerprint density at radius 1 is 1.41 bits per heavy atom. The molecule has 2 aromatic rings. The van der Waals surface area contributed by atoms with Crippen LogP contribution in [0.5, 0.6) is 11.6 Å². The number of hydrogen-bond donors (Lipinski definition) is 3. The van der Waals surface area contributed by atoms with E-state index in [2.05, 4.69) is 4.98 Å². The highest BCUT2D eigenvalue weighted by atomic mass is 32.2. The molecule has 3 N–H and O–H groups in total. The molecule has 1 atom stereocenters. The summed E-state index contributed by atoms with van der Waals surface area (Å²) < 4.78 is 46.5. The van der Waals surface area contributed by atoms with Gasteiger partial charge in [-0.2, -0.15) is 8.42 Å². The normalized spacial score (nSPS) is 19.9. The molecule has 9 nitrogen and oxygen atoms in total. The zero-order valence-corrected chi connectivity index (χ0v) is 14.7. The second-order valence-corrected chi connectivity index (χ2v) is 8.13. The largest absolute Gasteiger partial charge is 0.506 e. The highest BCUT2D eigenvalue weighted by Gasteiger charge is 2.38. The number of fused-ring (bicyclic) bond motifs is 1. The molecule has 1 aromatic carbocycles. The number of ether oxygens (including phenoxy) is 1. The monoisotopic (exact) mass is 397 g/mol. The van der Waals surface area contributed by atoms with Gasteiger partial charge in [0.1, 0.15) is 30.1 Å². The number of carbonyl (C=O) groups excluding carboxylic acids is 1. The number of phenolic OH excluding ortho intramolecular Hbond substituents is 1. The summed E-state index contributed by atoms with van der Waals surface area (Å²) in [6.45, 7) is -0.642. The molecule has 1 saturated carbocycles. The summed E-state index contributed by atoms with van der Waals surface area (Å²) in [7, 11) is -4.30. The topological polar surface area (TPSA) is 129 Å². The van der Waals surface area contributed by atoms with Gasteiger partial charge in [-0.05, 0) is 30.9 Å². The molecular weight excluding hydrogens is 381 g/mol. The maximum Gasteiger partial charge on any atom is 0.326 e. The number of nitrogens with one attached hydrogen (secondary N) is 1. The SMILES string of the molecule is O=C1CN(c2c(O)cc3ccc(OCC(O)C4CC4)nc3c2F)S(=O)(=O)N1. The predicted molar refractivity (Wildman–Crippen MR) is 92.0 cm³/mol. The Hall–Kier alpha value is -2.66. The number of aliphatic hydroxyl groups excluding tert-OH is 1. The first kappa shape index (κ1) is 17.7. The molecule has 1 amide bonds. The maximum absolute atomic E-state index is 15.0. The number of aromatic hydroxyl groups is 1. The number of amides is 1. The first-order valence-corrected chi connectivity index (χ1v) is 9.66. The third-order valence-corrected chi connectivity index (χ3v) is 5.87. The van der Waals surface area contributed by atoms with Crippen LogP contribution in [-0.2, 0) is 15.0 Å². The number of nitrogens with zero attached hydrogens (tertiary/aromatic N) is 2. The van der Waals surface area contributed by atoms with E-state index in [-0.39, 0.29) is 29.3 Å². The minimum Gasteiger partial charge on any atom is -0.506 e. The number of rotatable bonds is 5. The highest BCUT2D eigenvalue weighted by molar-refractivity contribution is 7.92. The summed E-state index contributed by atoms with van der Waals surface area (Å²) in [4.78, 5) is 15.4. The summed E-state index contributed by atoms with van der Waals surface area (Å²) in [6, 6.07) is 4.07. The standard InChI is InChI=1S/C16H16FN3O6S/c17-14-15-9(3-4-13(18-15)26-7-11(22)8-1-2-8)5-10(21)16(14)20-6-12(23)19-27(20,24)25/h3-5,8,11,21-22H,1-2,6-7H2,(H,19,23). The maximum atomic E-state index is 15.0. The number of phenols is 1. The fourth-order valence-electron chi connectivity index (χ4n) is 2.94. The molecule has 27 heavy (non-hydrogen) atoms. The number of pyridine rings is 1. The lowest BCUT2D eigenvalue weighted by molar-refractivity contribution is -0.117. The zero-order valence-electron chi connectivity index (χ0n) is 13.9. The van der Waals surface area contributed by atoms with Gasteiger partial charge in [0.25, 0.3) is 5.91 Å². The molecule has 1 saturated heterocycles. The van der Waals surface area contributed by atoms with Crippen LogP contribution in [0, 0.1) is 11.7 Å². The van der Waals surface area contributed by atoms with Crippen molar-refractivity contribution in [3.05, 3.63) is 24.0 Å². The second-order valence-electron chi connectivity index (χ2n) is 6.53. The minimum absolute atomic E-state index is 0.00859. The minimum atomic E-state index is -4.30. The highest BCUT2D eigenvalue weighted by Crippen LogP contribution is 2.38. The molecular formula is C16H16FN3O6S. The third-order valence-electron chi connectivity index (χ3n) is 4.49. The Kier molecular flexibility index (Phi) is 4.07. The van der Waals surface area contributed by atoms with Crippen molar-refractivity contribution in [2.24, 2.45) is 5.92 Å². The molecule has 0 spiro atoms. The number of aliphatic hydroxyl groups is 1. The Labute approximate surface area is 153 Å². The van der Waals surface area contributed by atoms with Crippen molar-refractivity contribution < 1.29 is 32.6 Å². The van der Waals surface area contributed by atoms with Crippen LogP contribution < -0.4 is 13.8 Å². The molecule has 4 rings (SSSR count). The van der Waals surface area contributed by atoms with Crippen molar-refractivity contribution in [2.75, 3.05) is 17.5 Å². The fourth-order valence-corrected chi connectivity index (χ4v) is 4.10.